The van der Waals surface area contributed by atoms with Gasteiger partial charge in [-0.2, -0.15) is 0 Å². The number of carbonyl (C=O) groups is 1. The number of rotatable bonds is 10. The molecule has 0 unspecified atom stereocenters. The normalized spacial score (nSPS) is 15.3. The molecule has 1 amide bonds. The molecular weight excluding hydrogens is 382 g/mol. The number of H-pyrrole nitrogens is 1. The number of nitrogens with zero attached hydrogens (tertiary/aromatic N) is 3. The predicted molar refractivity (Wildman–Crippen MR) is 116 cm³/mol. The van der Waals surface area contributed by atoms with Crippen molar-refractivity contribution in [1.82, 2.24) is 25.2 Å². The minimum atomic E-state index is -0.330. The Morgan fingerprint density at radius 2 is 2.17 bits per heavy atom. The van der Waals surface area contributed by atoms with Crippen LogP contribution < -0.4 is 16.8 Å². The first kappa shape index (κ1) is 21.1. The molecule has 3 heterocycles. The average molecular weight is 409 g/mol. The number of likely N-dealkylation sites (tertiary alicyclic amines) is 1. The topological polar surface area (TPSA) is 139 Å². The van der Waals surface area contributed by atoms with E-state index in [-0.39, 0.29) is 24.1 Å². The molecule has 2 aromatic rings. The van der Waals surface area contributed by atoms with Crippen LogP contribution in [0.25, 0.3) is 12.2 Å². The van der Waals surface area contributed by atoms with E-state index in [9.17, 15) is 4.79 Å². The van der Waals surface area contributed by atoms with Gasteiger partial charge < -0.3 is 31.1 Å². The molecule has 1 aliphatic rings. The summed E-state index contributed by atoms with van der Waals surface area (Å²) in [5.74, 6) is 1.33. The largest absolute Gasteiger partial charge is 0.448 e. The molecule has 3 rings (SSSR count). The third-order valence-electron chi connectivity index (χ3n) is 4.81. The highest BCUT2D eigenvalue weighted by Crippen LogP contribution is 2.26. The molecule has 0 spiro atoms. The van der Waals surface area contributed by atoms with Gasteiger partial charge in [0.1, 0.15) is 12.1 Å². The first-order chi connectivity index (χ1) is 14.5. The number of aromatic amines is 1. The summed E-state index contributed by atoms with van der Waals surface area (Å²) in [4.78, 5) is 26.5. The second-order valence-electron chi connectivity index (χ2n) is 6.98. The fraction of sp³-hybridized carbons (Fsp3) is 0.286. The summed E-state index contributed by atoms with van der Waals surface area (Å²) in [6.45, 7) is 10.3. The van der Waals surface area contributed by atoms with E-state index in [2.05, 4.69) is 38.3 Å². The Morgan fingerprint density at radius 1 is 1.37 bits per heavy atom. The maximum atomic E-state index is 12.2. The Morgan fingerprint density at radius 3 is 2.83 bits per heavy atom. The number of hydrogen-bond acceptors (Lipinski definition) is 7. The monoisotopic (exact) mass is 409 g/mol. The first-order valence-corrected chi connectivity index (χ1v) is 9.66. The molecule has 1 fully saturated rings. The van der Waals surface area contributed by atoms with Gasteiger partial charge in [0.15, 0.2) is 11.6 Å². The van der Waals surface area contributed by atoms with Crippen molar-refractivity contribution < 1.29 is 9.21 Å². The minimum absolute atomic E-state index is 0.176. The van der Waals surface area contributed by atoms with Crippen molar-refractivity contribution >= 4 is 18.1 Å². The van der Waals surface area contributed by atoms with Gasteiger partial charge in [0.25, 0.3) is 5.91 Å². The summed E-state index contributed by atoms with van der Waals surface area (Å²) in [6.07, 6.45) is 10.2. The summed E-state index contributed by atoms with van der Waals surface area (Å²) < 4.78 is 5.51. The summed E-state index contributed by atoms with van der Waals surface area (Å²) in [5.41, 5.74) is 13.4. The van der Waals surface area contributed by atoms with E-state index < -0.39 is 0 Å². The highest BCUT2D eigenvalue weighted by atomic mass is 16.3. The van der Waals surface area contributed by atoms with Gasteiger partial charge >= 0.3 is 0 Å². The zero-order valence-electron chi connectivity index (χ0n) is 16.8. The van der Waals surface area contributed by atoms with Crippen molar-refractivity contribution in [2.45, 2.75) is 12.3 Å². The van der Waals surface area contributed by atoms with E-state index in [0.717, 1.165) is 43.3 Å². The molecule has 1 saturated heterocycles. The highest BCUT2D eigenvalue weighted by molar-refractivity contribution is 5.92. The van der Waals surface area contributed by atoms with Gasteiger partial charge in [0.05, 0.1) is 23.9 Å². The number of amides is 1. The highest BCUT2D eigenvalue weighted by Gasteiger charge is 2.32. The van der Waals surface area contributed by atoms with Gasteiger partial charge in [-0.1, -0.05) is 13.2 Å². The van der Waals surface area contributed by atoms with Crippen molar-refractivity contribution in [2.24, 2.45) is 11.5 Å². The van der Waals surface area contributed by atoms with E-state index in [1.54, 1.807) is 24.3 Å². The van der Waals surface area contributed by atoms with Gasteiger partial charge in [-0.05, 0) is 30.5 Å². The smallest absolute Gasteiger partial charge is 0.273 e. The lowest BCUT2D eigenvalue weighted by molar-refractivity contribution is 0.0951. The quantitative estimate of drug-likeness (QED) is 0.435. The van der Waals surface area contributed by atoms with Crippen LogP contribution in [0.2, 0.25) is 0 Å². The molecule has 30 heavy (non-hydrogen) atoms. The standard InChI is InChI=1S/C21H27N7O2/c1-3-16-17(4-2)26-19(25-16)7-9-28-11-14(12-28)21-27-18(13-30-21)20(29)24-10-15(23)6-5-8-22/h3-6,8,13-14H,1-2,7,9-12,22-23H2,(H,24,29)(H,25,26)/b8-5-,15-6-. The van der Waals surface area contributed by atoms with Gasteiger partial charge in [-0.3, -0.25) is 4.79 Å². The zero-order valence-corrected chi connectivity index (χ0v) is 16.8. The molecule has 0 radical (unpaired) electrons. The summed E-state index contributed by atoms with van der Waals surface area (Å²) in [6, 6.07) is 0. The molecule has 9 heteroatoms. The molecule has 0 aromatic carbocycles. The van der Waals surface area contributed by atoms with Crippen LogP contribution in [0.4, 0.5) is 0 Å². The third-order valence-corrected chi connectivity index (χ3v) is 4.81. The first-order valence-electron chi connectivity index (χ1n) is 9.66. The van der Waals surface area contributed by atoms with Crippen molar-refractivity contribution in [1.29, 1.82) is 0 Å². The van der Waals surface area contributed by atoms with E-state index in [0.29, 0.717) is 11.6 Å². The Kier molecular flexibility index (Phi) is 6.87. The molecule has 158 valence electrons. The Bertz CT molecular complexity index is 938. The average Bonchev–Trinajstić information content (AvgIpc) is 3.36. The molecule has 0 saturated carbocycles. The van der Waals surface area contributed by atoms with Crippen LogP contribution in [0.3, 0.4) is 0 Å². The van der Waals surface area contributed by atoms with Crippen LogP contribution in [0.5, 0.6) is 0 Å². The van der Waals surface area contributed by atoms with Crippen molar-refractivity contribution in [3.05, 3.63) is 72.3 Å². The third kappa shape index (κ3) is 5.06. The van der Waals surface area contributed by atoms with Crippen molar-refractivity contribution in [3.63, 3.8) is 0 Å². The fourth-order valence-electron chi connectivity index (χ4n) is 3.15. The number of oxazole rings is 1. The van der Waals surface area contributed by atoms with E-state index >= 15 is 0 Å². The van der Waals surface area contributed by atoms with Gasteiger partial charge in [0, 0.05) is 31.8 Å². The van der Waals surface area contributed by atoms with Crippen LogP contribution in [0, 0.1) is 0 Å². The lowest BCUT2D eigenvalue weighted by atomic mass is 10.00. The number of nitrogens with one attached hydrogen (secondary N) is 2. The number of carbonyl (C=O) groups excluding carboxylic acids is 1. The molecule has 0 bridgehead atoms. The fourth-order valence-corrected chi connectivity index (χ4v) is 3.15. The zero-order chi connectivity index (χ0) is 21.5. The van der Waals surface area contributed by atoms with Crippen LogP contribution in [-0.2, 0) is 6.42 Å². The second kappa shape index (κ2) is 9.75. The van der Waals surface area contributed by atoms with Gasteiger partial charge in [-0.25, -0.2) is 9.97 Å². The maximum Gasteiger partial charge on any atom is 0.273 e. The number of allylic oxidation sites excluding steroid dienone is 2. The van der Waals surface area contributed by atoms with E-state index in [1.807, 2.05) is 0 Å². The SMILES string of the molecule is C=Cc1nc(CCN2CC(c3nc(C(=O)NC/C(N)=C/C=C\N)co3)C2)[nH]c1C=C. The Labute approximate surface area is 175 Å². The van der Waals surface area contributed by atoms with Crippen LogP contribution >= 0.6 is 0 Å². The Balaban J connectivity index is 1.44. The molecule has 1 aliphatic heterocycles. The second-order valence-corrected chi connectivity index (χ2v) is 6.98. The minimum Gasteiger partial charge on any atom is -0.448 e. The van der Waals surface area contributed by atoms with E-state index in [4.69, 9.17) is 15.9 Å². The van der Waals surface area contributed by atoms with Crippen molar-refractivity contribution in [3.8, 4) is 0 Å². The van der Waals surface area contributed by atoms with E-state index in [1.165, 1.54) is 12.5 Å². The number of imidazole rings is 1. The molecular formula is C21H27N7O2. The van der Waals surface area contributed by atoms with Gasteiger partial charge in [0.2, 0.25) is 0 Å². The van der Waals surface area contributed by atoms with Crippen LogP contribution in [-0.4, -0.2) is 51.9 Å². The lowest BCUT2D eigenvalue weighted by Crippen LogP contribution is -2.46. The maximum absolute atomic E-state index is 12.2. The van der Waals surface area contributed by atoms with Crippen LogP contribution in [0.15, 0.2) is 47.9 Å². The summed E-state index contributed by atoms with van der Waals surface area (Å²) in [5, 5.41) is 2.69. The molecule has 2 aromatic heterocycles. The predicted octanol–water partition coefficient (Wildman–Crippen LogP) is 1.37. The number of hydrogen-bond donors (Lipinski definition) is 4. The number of nitrogens with two attached hydrogens (primary N) is 2. The van der Waals surface area contributed by atoms with Crippen LogP contribution in [0.1, 0.15) is 39.5 Å². The molecule has 9 nitrogen and oxygen atoms in total. The molecule has 0 aliphatic carbocycles. The number of aromatic nitrogens is 3. The molecule has 6 N–H and O–H groups in total. The summed E-state index contributed by atoms with van der Waals surface area (Å²) >= 11 is 0. The van der Waals surface area contributed by atoms with Gasteiger partial charge in [-0.15, -0.1) is 0 Å². The Hall–Kier alpha value is -3.59. The summed E-state index contributed by atoms with van der Waals surface area (Å²) in [7, 11) is 0. The molecule has 0 atom stereocenters. The van der Waals surface area contributed by atoms with Crippen molar-refractivity contribution in [2.75, 3.05) is 26.2 Å². The lowest BCUT2D eigenvalue weighted by Gasteiger charge is -2.37.